The van der Waals surface area contributed by atoms with Gasteiger partial charge < -0.3 is 5.32 Å². The van der Waals surface area contributed by atoms with Gasteiger partial charge in [0.1, 0.15) is 16.0 Å². The number of thioether (sulfide) groups is 1. The number of hydrogen-bond donors (Lipinski definition) is 1. The summed E-state index contributed by atoms with van der Waals surface area (Å²) in [6.07, 6.45) is 9.37. The third-order valence-corrected chi connectivity index (χ3v) is 10.2. The number of hydrogen-bond acceptors (Lipinski definition) is 7. The highest BCUT2D eigenvalue weighted by molar-refractivity contribution is 7.99. The molecule has 7 nitrogen and oxygen atoms in total. The number of aromatic nitrogens is 1. The van der Waals surface area contributed by atoms with Crippen LogP contribution in [-0.4, -0.2) is 42.5 Å². The average molecular weight is 491 g/mol. The Kier molecular flexibility index (Phi) is 7.20. The van der Waals surface area contributed by atoms with Crippen LogP contribution in [0.5, 0.6) is 0 Å². The minimum atomic E-state index is -3.58. The van der Waals surface area contributed by atoms with Crippen molar-refractivity contribution in [2.45, 2.75) is 67.3 Å². The zero-order valence-electron chi connectivity index (χ0n) is 18.0. The van der Waals surface area contributed by atoms with Crippen LogP contribution in [0.1, 0.15) is 54.5 Å². The predicted octanol–water partition coefficient (Wildman–Crippen LogP) is 4.19. The number of carbonyl (C=O) groups is 1. The molecule has 2 aromatic rings. The normalized spacial score (nSPS) is 16.7. The second-order valence-corrected chi connectivity index (χ2v) is 12.3. The lowest BCUT2D eigenvalue weighted by atomic mass is 9.96. The topological polar surface area (TPSA) is 103 Å². The number of pyridine rings is 1. The van der Waals surface area contributed by atoms with Crippen LogP contribution in [0.2, 0.25) is 0 Å². The lowest BCUT2D eigenvalue weighted by Crippen LogP contribution is -2.38. The Balaban J connectivity index is 1.35. The molecule has 0 aliphatic heterocycles. The van der Waals surface area contributed by atoms with Crippen LogP contribution >= 0.6 is 23.1 Å². The first kappa shape index (κ1) is 23.2. The summed E-state index contributed by atoms with van der Waals surface area (Å²) in [7, 11) is -1.93. The van der Waals surface area contributed by atoms with Crippen molar-refractivity contribution in [1.82, 2.24) is 9.29 Å². The highest BCUT2D eigenvalue weighted by atomic mass is 32.2. The van der Waals surface area contributed by atoms with Crippen molar-refractivity contribution in [1.29, 1.82) is 5.26 Å². The summed E-state index contributed by atoms with van der Waals surface area (Å²) >= 11 is 2.73. The first-order valence-electron chi connectivity index (χ1n) is 10.8. The number of fused-ring (bicyclic) bond motifs is 1. The van der Waals surface area contributed by atoms with Crippen molar-refractivity contribution in [2.24, 2.45) is 0 Å². The van der Waals surface area contributed by atoms with Gasteiger partial charge in [-0.1, -0.05) is 31.0 Å². The summed E-state index contributed by atoms with van der Waals surface area (Å²) in [5.74, 6) is -0.0731. The molecule has 0 saturated heterocycles. The van der Waals surface area contributed by atoms with Crippen molar-refractivity contribution >= 4 is 44.0 Å². The van der Waals surface area contributed by atoms with Crippen LogP contribution in [0, 0.1) is 11.3 Å². The quantitative estimate of drug-likeness (QED) is 0.584. The molecule has 2 aliphatic carbocycles. The lowest BCUT2D eigenvalue weighted by Gasteiger charge is -2.30. The summed E-state index contributed by atoms with van der Waals surface area (Å²) in [6, 6.07) is 5.46. The molecule has 0 atom stereocenters. The van der Waals surface area contributed by atoms with Gasteiger partial charge in [-0.05, 0) is 49.8 Å². The Morgan fingerprint density at radius 3 is 2.75 bits per heavy atom. The number of nitriles is 1. The molecule has 1 amide bonds. The van der Waals surface area contributed by atoms with Crippen molar-refractivity contribution in [3.8, 4) is 6.07 Å². The molecule has 0 radical (unpaired) electrons. The standard InChI is InChI=1S/C22H26N4O3S3/c1-26(15-6-3-2-4-7-15)32(28,29)16-10-11-21(24-13-16)30-14-20(27)25-22-18(12-23)17-8-5-9-19(17)31-22/h10-11,13,15H,2-9,14H2,1H3,(H,25,27). The molecule has 10 heteroatoms. The number of anilines is 1. The molecule has 1 fully saturated rings. The van der Waals surface area contributed by atoms with Gasteiger partial charge in [0.05, 0.1) is 16.3 Å². The number of rotatable bonds is 7. The number of carbonyl (C=O) groups excluding carboxylic acids is 1. The van der Waals surface area contributed by atoms with Crippen molar-refractivity contribution in [3.63, 3.8) is 0 Å². The third-order valence-electron chi connectivity index (χ3n) is 6.11. The van der Waals surface area contributed by atoms with Gasteiger partial charge in [-0.3, -0.25) is 4.79 Å². The van der Waals surface area contributed by atoms with E-state index in [0.29, 0.717) is 15.6 Å². The fraction of sp³-hybridized carbons (Fsp3) is 0.500. The maximum atomic E-state index is 12.9. The number of thiophene rings is 1. The van der Waals surface area contributed by atoms with Crippen LogP contribution in [0.3, 0.4) is 0 Å². The molecule has 0 spiro atoms. The molecular formula is C22H26N4O3S3. The van der Waals surface area contributed by atoms with E-state index in [4.69, 9.17) is 0 Å². The monoisotopic (exact) mass is 490 g/mol. The second-order valence-electron chi connectivity index (χ2n) is 8.16. The molecular weight excluding hydrogens is 464 g/mol. The molecule has 32 heavy (non-hydrogen) atoms. The number of nitrogens with one attached hydrogen (secondary N) is 1. The van der Waals surface area contributed by atoms with Crippen molar-refractivity contribution in [3.05, 3.63) is 34.3 Å². The van der Waals surface area contributed by atoms with E-state index < -0.39 is 10.0 Å². The van der Waals surface area contributed by atoms with Gasteiger partial charge in [0.2, 0.25) is 15.9 Å². The maximum absolute atomic E-state index is 12.9. The highest BCUT2D eigenvalue weighted by Crippen LogP contribution is 2.38. The van der Waals surface area contributed by atoms with Crippen LogP contribution in [0.4, 0.5) is 5.00 Å². The van der Waals surface area contributed by atoms with Gasteiger partial charge in [-0.2, -0.15) is 9.57 Å². The SMILES string of the molecule is CN(C1CCCCC1)S(=O)(=O)c1ccc(SCC(=O)Nc2sc3c(c2C#N)CCC3)nc1. The van der Waals surface area contributed by atoms with E-state index in [2.05, 4.69) is 16.4 Å². The minimum absolute atomic E-state index is 0.0448. The Morgan fingerprint density at radius 2 is 2.06 bits per heavy atom. The van der Waals surface area contributed by atoms with E-state index in [1.807, 2.05) is 0 Å². The second kappa shape index (κ2) is 9.91. The number of amides is 1. The fourth-order valence-corrected chi connectivity index (χ4v) is 7.59. The molecule has 0 aromatic carbocycles. The Morgan fingerprint density at radius 1 is 1.28 bits per heavy atom. The van der Waals surface area contributed by atoms with Crippen LogP contribution in [0.15, 0.2) is 28.3 Å². The Hall–Kier alpha value is -1.93. The predicted molar refractivity (Wildman–Crippen MR) is 126 cm³/mol. The molecule has 1 saturated carbocycles. The average Bonchev–Trinajstić information content (AvgIpc) is 3.38. The maximum Gasteiger partial charge on any atom is 0.244 e. The summed E-state index contributed by atoms with van der Waals surface area (Å²) in [6.45, 7) is 0. The third kappa shape index (κ3) is 4.86. The minimum Gasteiger partial charge on any atom is -0.316 e. The zero-order chi connectivity index (χ0) is 22.7. The molecule has 0 bridgehead atoms. The van der Waals surface area contributed by atoms with Gasteiger partial charge in [0, 0.05) is 24.2 Å². The van der Waals surface area contributed by atoms with E-state index in [1.54, 1.807) is 19.2 Å². The van der Waals surface area contributed by atoms with E-state index in [1.165, 1.54) is 38.5 Å². The van der Waals surface area contributed by atoms with Gasteiger partial charge >= 0.3 is 0 Å². The first-order valence-corrected chi connectivity index (χ1v) is 14.1. The summed E-state index contributed by atoms with van der Waals surface area (Å²) in [5.41, 5.74) is 1.67. The summed E-state index contributed by atoms with van der Waals surface area (Å²) in [4.78, 5) is 18.0. The summed E-state index contributed by atoms with van der Waals surface area (Å²) < 4.78 is 27.3. The van der Waals surface area contributed by atoms with Crippen molar-refractivity contribution < 1.29 is 13.2 Å². The van der Waals surface area contributed by atoms with Gasteiger partial charge in [0.25, 0.3) is 0 Å². The van der Waals surface area contributed by atoms with E-state index in [9.17, 15) is 18.5 Å². The smallest absolute Gasteiger partial charge is 0.244 e. The van der Waals surface area contributed by atoms with Gasteiger partial charge in [-0.25, -0.2) is 13.4 Å². The van der Waals surface area contributed by atoms with E-state index in [0.717, 1.165) is 56.9 Å². The molecule has 2 aromatic heterocycles. The zero-order valence-corrected chi connectivity index (χ0v) is 20.4. The molecule has 2 heterocycles. The number of nitrogens with zero attached hydrogens (tertiary/aromatic N) is 3. The largest absolute Gasteiger partial charge is 0.316 e. The van der Waals surface area contributed by atoms with E-state index >= 15 is 0 Å². The first-order chi connectivity index (χ1) is 15.4. The number of aryl methyl sites for hydroxylation is 1. The van der Waals surface area contributed by atoms with Crippen LogP contribution in [0.25, 0.3) is 0 Å². The lowest BCUT2D eigenvalue weighted by molar-refractivity contribution is -0.113. The Bertz CT molecular complexity index is 1130. The van der Waals surface area contributed by atoms with Gasteiger partial charge in [-0.15, -0.1) is 11.3 Å². The summed E-state index contributed by atoms with van der Waals surface area (Å²) in [5, 5.41) is 13.5. The van der Waals surface area contributed by atoms with Gasteiger partial charge in [0.15, 0.2) is 0 Å². The molecule has 1 N–H and O–H groups in total. The highest BCUT2D eigenvalue weighted by Gasteiger charge is 2.29. The molecule has 0 unspecified atom stereocenters. The Labute approximate surface area is 197 Å². The molecule has 2 aliphatic rings. The van der Waals surface area contributed by atoms with Crippen molar-refractivity contribution in [2.75, 3.05) is 18.1 Å². The van der Waals surface area contributed by atoms with Crippen LogP contribution < -0.4 is 5.32 Å². The fourth-order valence-electron chi connectivity index (χ4n) is 4.32. The molecule has 170 valence electrons. The van der Waals surface area contributed by atoms with E-state index in [-0.39, 0.29) is 22.6 Å². The number of sulfonamides is 1. The van der Waals surface area contributed by atoms with Crippen LogP contribution in [-0.2, 0) is 27.7 Å². The molecule has 4 rings (SSSR count).